The summed E-state index contributed by atoms with van der Waals surface area (Å²) >= 11 is 0. The van der Waals surface area contributed by atoms with Crippen LogP contribution >= 0.6 is 0 Å². The summed E-state index contributed by atoms with van der Waals surface area (Å²) in [5.74, 6) is -0.911. The topological polar surface area (TPSA) is 78.9 Å². The van der Waals surface area contributed by atoms with Gasteiger partial charge in [-0.1, -0.05) is 304 Å². The van der Waals surface area contributed by atoms with Gasteiger partial charge in [-0.15, -0.1) is 0 Å². The number of esters is 3. The summed E-state index contributed by atoms with van der Waals surface area (Å²) in [6.07, 6.45) is 91.0. The molecule has 1 unspecified atom stereocenters. The zero-order valence-corrected chi connectivity index (χ0v) is 51.9. The number of hydrogen-bond acceptors (Lipinski definition) is 6. The van der Waals surface area contributed by atoms with Gasteiger partial charge in [-0.05, 0) is 103 Å². The molecule has 452 valence electrons. The fourth-order valence-electron chi connectivity index (χ4n) is 9.29. The maximum Gasteiger partial charge on any atom is 0.306 e. The van der Waals surface area contributed by atoms with Crippen LogP contribution in [-0.4, -0.2) is 37.2 Å². The standard InChI is InChI=1S/C73H124O6/c1-4-7-10-13-16-19-22-25-27-29-31-33-34-35-36-37-38-40-41-43-45-48-51-54-57-60-63-66-72(75)78-69-70(68-77-71(74)65-62-59-56-53-50-47-24-21-18-15-12-9-6-3)79-73(76)67-64-61-58-55-52-49-46-44-42-39-32-30-28-26-23-20-17-14-11-8-5-2/h7,10,12,15-16,19,21,24-25,27,31,33,35-36,38,40,43,45,70H,4-6,8-9,11,13-14,17-18,20,22-23,26,28-30,32,34,37,39,41-42,44,46-69H2,1-3H3/b10-7-,15-12-,19-16-,24-21-,27-25-,33-31-,36-35-,40-38-,45-43-. The molecule has 6 heteroatoms. The number of hydrogen-bond donors (Lipinski definition) is 0. The first kappa shape index (κ1) is 75.1. The third-order valence-electron chi connectivity index (χ3n) is 14.2. The molecule has 0 heterocycles. The van der Waals surface area contributed by atoms with Crippen molar-refractivity contribution in [2.45, 2.75) is 322 Å². The summed E-state index contributed by atoms with van der Waals surface area (Å²) in [4.78, 5) is 38.4. The number of ether oxygens (including phenoxy) is 3. The van der Waals surface area contributed by atoms with Crippen LogP contribution in [0.15, 0.2) is 109 Å². The van der Waals surface area contributed by atoms with Crippen LogP contribution in [0.3, 0.4) is 0 Å². The quantitative estimate of drug-likeness (QED) is 0.0261. The maximum absolute atomic E-state index is 12.9. The van der Waals surface area contributed by atoms with E-state index in [-0.39, 0.29) is 31.1 Å². The van der Waals surface area contributed by atoms with Gasteiger partial charge < -0.3 is 14.2 Å². The van der Waals surface area contributed by atoms with Gasteiger partial charge in [-0.2, -0.15) is 0 Å². The molecule has 0 aromatic carbocycles. The van der Waals surface area contributed by atoms with Crippen LogP contribution in [0.1, 0.15) is 316 Å². The van der Waals surface area contributed by atoms with Crippen LogP contribution in [0.25, 0.3) is 0 Å². The average Bonchev–Trinajstić information content (AvgIpc) is 3.45. The van der Waals surface area contributed by atoms with E-state index in [1.165, 1.54) is 122 Å². The Morgan fingerprint density at radius 1 is 0.266 bits per heavy atom. The van der Waals surface area contributed by atoms with Gasteiger partial charge in [0.2, 0.25) is 0 Å². The van der Waals surface area contributed by atoms with Crippen molar-refractivity contribution in [3.63, 3.8) is 0 Å². The monoisotopic (exact) mass is 1100 g/mol. The highest BCUT2D eigenvalue weighted by Crippen LogP contribution is 2.17. The molecule has 0 N–H and O–H groups in total. The molecule has 0 aliphatic heterocycles. The first-order valence-corrected chi connectivity index (χ1v) is 33.4. The minimum absolute atomic E-state index is 0.0903. The number of carbonyl (C=O) groups excluding carboxylic acids is 3. The maximum atomic E-state index is 12.9. The van der Waals surface area contributed by atoms with Crippen LogP contribution in [0.2, 0.25) is 0 Å². The molecule has 79 heavy (non-hydrogen) atoms. The van der Waals surface area contributed by atoms with Crippen LogP contribution < -0.4 is 0 Å². The van der Waals surface area contributed by atoms with Crippen molar-refractivity contribution in [3.8, 4) is 0 Å². The second-order valence-electron chi connectivity index (χ2n) is 22.0. The van der Waals surface area contributed by atoms with Crippen molar-refractivity contribution in [2.24, 2.45) is 0 Å². The number of carbonyl (C=O) groups is 3. The Morgan fingerprint density at radius 3 is 0.823 bits per heavy atom. The Morgan fingerprint density at radius 2 is 0.519 bits per heavy atom. The molecular weight excluding hydrogens is 973 g/mol. The molecule has 0 bridgehead atoms. The number of rotatable bonds is 60. The molecule has 0 aromatic heterocycles. The second kappa shape index (κ2) is 66.6. The van der Waals surface area contributed by atoms with Crippen LogP contribution in [-0.2, 0) is 28.6 Å². The van der Waals surface area contributed by atoms with Crippen LogP contribution in [0.5, 0.6) is 0 Å². The fraction of sp³-hybridized carbons (Fsp3) is 0.712. The molecule has 1 atom stereocenters. The van der Waals surface area contributed by atoms with Crippen molar-refractivity contribution >= 4 is 17.9 Å². The van der Waals surface area contributed by atoms with Crippen molar-refractivity contribution in [1.82, 2.24) is 0 Å². The summed E-state index contributed by atoms with van der Waals surface area (Å²) in [7, 11) is 0. The van der Waals surface area contributed by atoms with Gasteiger partial charge in [0.15, 0.2) is 6.10 Å². The molecule has 0 rings (SSSR count). The Hall–Kier alpha value is -3.93. The Labute approximate surface area is 489 Å². The summed E-state index contributed by atoms with van der Waals surface area (Å²) in [5, 5.41) is 0. The van der Waals surface area contributed by atoms with E-state index in [0.29, 0.717) is 19.3 Å². The largest absolute Gasteiger partial charge is 0.462 e. The number of unbranched alkanes of at least 4 members (excludes halogenated alkanes) is 31. The van der Waals surface area contributed by atoms with E-state index in [0.717, 1.165) is 154 Å². The van der Waals surface area contributed by atoms with Gasteiger partial charge in [-0.3, -0.25) is 14.4 Å². The molecule has 0 saturated carbocycles. The third kappa shape index (κ3) is 64.8. The molecule has 0 spiro atoms. The van der Waals surface area contributed by atoms with Gasteiger partial charge in [0.25, 0.3) is 0 Å². The highest BCUT2D eigenvalue weighted by molar-refractivity contribution is 5.71. The molecule has 0 saturated heterocycles. The lowest BCUT2D eigenvalue weighted by Crippen LogP contribution is -2.30. The minimum atomic E-state index is -0.794. The first-order chi connectivity index (χ1) is 39.0. The zero-order valence-electron chi connectivity index (χ0n) is 51.9. The molecule has 0 fully saturated rings. The van der Waals surface area contributed by atoms with E-state index in [4.69, 9.17) is 14.2 Å². The van der Waals surface area contributed by atoms with E-state index in [2.05, 4.69) is 130 Å². The average molecular weight is 1100 g/mol. The van der Waals surface area contributed by atoms with Crippen molar-refractivity contribution in [2.75, 3.05) is 13.2 Å². The predicted molar refractivity (Wildman–Crippen MR) is 343 cm³/mol. The third-order valence-corrected chi connectivity index (χ3v) is 14.2. The van der Waals surface area contributed by atoms with Crippen LogP contribution in [0, 0.1) is 0 Å². The van der Waals surface area contributed by atoms with Gasteiger partial charge in [0.1, 0.15) is 13.2 Å². The molecule has 0 radical (unpaired) electrons. The Balaban J connectivity index is 4.36. The summed E-state index contributed by atoms with van der Waals surface area (Å²) in [6, 6.07) is 0. The summed E-state index contributed by atoms with van der Waals surface area (Å²) < 4.78 is 16.9. The van der Waals surface area contributed by atoms with Gasteiger partial charge in [0.05, 0.1) is 0 Å². The Kier molecular flexibility index (Phi) is 63.3. The molecule has 0 amide bonds. The summed E-state index contributed by atoms with van der Waals surface area (Å²) in [6.45, 7) is 6.47. The number of allylic oxidation sites excluding steroid dienone is 18. The van der Waals surface area contributed by atoms with E-state index < -0.39 is 6.10 Å². The van der Waals surface area contributed by atoms with E-state index >= 15 is 0 Å². The van der Waals surface area contributed by atoms with Crippen molar-refractivity contribution in [1.29, 1.82) is 0 Å². The predicted octanol–water partition coefficient (Wildman–Crippen LogP) is 23.0. The summed E-state index contributed by atoms with van der Waals surface area (Å²) in [5.41, 5.74) is 0. The lowest BCUT2D eigenvalue weighted by atomic mass is 10.0. The van der Waals surface area contributed by atoms with Gasteiger partial charge >= 0.3 is 17.9 Å². The first-order valence-electron chi connectivity index (χ1n) is 33.4. The van der Waals surface area contributed by atoms with E-state index in [1.54, 1.807) is 0 Å². The Bertz CT molecular complexity index is 1590. The highest BCUT2D eigenvalue weighted by atomic mass is 16.6. The fourth-order valence-corrected chi connectivity index (χ4v) is 9.29. The SMILES string of the molecule is CC/C=C\C/C=C\C/C=C\C/C=C\C/C=C\C/C=C\C/C=C\CCCCCCCC(=O)OCC(COC(=O)CCCCCCC/C=C\C/C=C\CCC)OC(=O)CCCCCCCCCCCCCCCCCCCCCCC. The van der Waals surface area contributed by atoms with Gasteiger partial charge in [0, 0.05) is 19.3 Å². The molecule has 6 nitrogen and oxygen atoms in total. The highest BCUT2D eigenvalue weighted by Gasteiger charge is 2.19. The van der Waals surface area contributed by atoms with E-state index in [9.17, 15) is 14.4 Å². The van der Waals surface area contributed by atoms with Gasteiger partial charge in [-0.25, -0.2) is 0 Å². The lowest BCUT2D eigenvalue weighted by Gasteiger charge is -2.18. The molecule has 0 aliphatic rings. The molecule has 0 aromatic rings. The van der Waals surface area contributed by atoms with E-state index in [1.807, 2.05) is 0 Å². The molecular formula is C73H124O6. The molecule has 0 aliphatic carbocycles. The zero-order chi connectivity index (χ0) is 57.1. The normalized spacial score (nSPS) is 12.8. The second-order valence-corrected chi connectivity index (χ2v) is 22.0. The van der Waals surface area contributed by atoms with Crippen molar-refractivity contribution in [3.05, 3.63) is 109 Å². The lowest BCUT2D eigenvalue weighted by molar-refractivity contribution is -0.167. The van der Waals surface area contributed by atoms with Crippen LogP contribution in [0.4, 0.5) is 0 Å². The smallest absolute Gasteiger partial charge is 0.306 e. The minimum Gasteiger partial charge on any atom is -0.462 e. The van der Waals surface area contributed by atoms with Crippen molar-refractivity contribution < 1.29 is 28.6 Å².